The lowest BCUT2D eigenvalue weighted by molar-refractivity contribution is -0.113. The third-order valence-corrected chi connectivity index (χ3v) is 4.11. The Morgan fingerprint density at radius 3 is 3.06 bits per heavy atom. The average Bonchev–Trinajstić information content (AvgIpc) is 2.35. The van der Waals surface area contributed by atoms with E-state index in [1.165, 1.54) is 10.5 Å². The molecule has 0 spiro atoms. The van der Waals surface area contributed by atoms with E-state index in [-0.39, 0.29) is 5.91 Å². The van der Waals surface area contributed by atoms with Gasteiger partial charge >= 0.3 is 0 Å². The smallest absolute Gasteiger partial charge is 0.234 e. The number of rotatable bonds is 4. The van der Waals surface area contributed by atoms with Crippen LogP contribution in [0.3, 0.4) is 0 Å². The molecule has 0 radical (unpaired) electrons. The molecular weight excluding hydrogens is 232 g/mol. The number of amides is 1. The Balaban J connectivity index is 2.23. The highest BCUT2D eigenvalue weighted by molar-refractivity contribution is 8.00. The number of anilines is 1. The average molecular weight is 250 g/mol. The molecule has 17 heavy (non-hydrogen) atoms. The first-order valence-electron chi connectivity index (χ1n) is 5.95. The Morgan fingerprint density at radius 1 is 1.53 bits per heavy atom. The summed E-state index contributed by atoms with van der Waals surface area (Å²) < 4.78 is 0. The van der Waals surface area contributed by atoms with Gasteiger partial charge in [0, 0.05) is 11.4 Å². The molecule has 1 heterocycles. The van der Waals surface area contributed by atoms with Crippen LogP contribution >= 0.6 is 11.8 Å². The summed E-state index contributed by atoms with van der Waals surface area (Å²) in [7, 11) is 1.98. The van der Waals surface area contributed by atoms with Crippen molar-refractivity contribution in [2.45, 2.75) is 24.2 Å². The molecule has 0 bridgehead atoms. The van der Waals surface area contributed by atoms with Gasteiger partial charge in [0.2, 0.25) is 5.91 Å². The Morgan fingerprint density at radius 2 is 2.35 bits per heavy atom. The van der Waals surface area contributed by atoms with Crippen LogP contribution in [0.2, 0.25) is 0 Å². The molecule has 2 rings (SSSR count). The Labute approximate surface area is 106 Å². The van der Waals surface area contributed by atoms with Gasteiger partial charge in [0.05, 0.1) is 11.4 Å². The number of hydrogen-bond acceptors (Lipinski definition) is 3. The lowest BCUT2D eigenvalue weighted by atomic mass is 9.96. The van der Waals surface area contributed by atoms with E-state index >= 15 is 0 Å². The number of hydrogen-bond donors (Lipinski definition) is 2. The normalized spacial score (nSPS) is 16.2. The van der Waals surface area contributed by atoms with Crippen molar-refractivity contribution in [3.8, 4) is 0 Å². The summed E-state index contributed by atoms with van der Waals surface area (Å²) in [4.78, 5) is 12.5. The number of benzene rings is 1. The van der Waals surface area contributed by atoms with Gasteiger partial charge in [0.25, 0.3) is 0 Å². The first-order chi connectivity index (χ1) is 8.24. The lowest BCUT2D eigenvalue weighted by Crippen LogP contribution is -2.20. The Kier molecular flexibility index (Phi) is 4.07. The predicted molar refractivity (Wildman–Crippen MR) is 72.8 cm³/mol. The van der Waals surface area contributed by atoms with Crippen molar-refractivity contribution in [3.63, 3.8) is 0 Å². The molecule has 1 aliphatic heterocycles. The van der Waals surface area contributed by atoms with Crippen molar-refractivity contribution in [2.24, 2.45) is 0 Å². The number of carbonyl (C=O) groups is 1. The molecule has 1 aromatic rings. The Bertz CT molecular complexity index is 420. The highest BCUT2D eigenvalue weighted by atomic mass is 32.2. The highest BCUT2D eigenvalue weighted by Gasteiger charge is 2.17. The minimum atomic E-state index is 0.0949. The van der Waals surface area contributed by atoms with Gasteiger partial charge in [-0.25, -0.2) is 0 Å². The van der Waals surface area contributed by atoms with Crippen LogP contribution in [0.25, 0.3) is 0 Å². The summed E-state index contributed by atoms with van der Waals surface area (Å²) in [5, 5.41) is 6.13. The molecule has 0 aromatic heterocycles. The second-order valence-electron chi connectivity index (χ2n) is 4.26. The lowest BCUT2D eigenvalue weighted by Gasteiger charge is -2.20. The summed E-state index contributed by atoms with van der Waals surface area (Å²) in [5.41, 5.74) is 2.30. The molecule has 0 saturated carbocycles. The van der Waals surface area contributed by atoms with Gasteiger partial charge in [-0.1, -0.05) is 13.0 Å². The summed E-state index contributed by atoms with van der Waals surface area (Å²) in [5.74, 6) is 1.17. The van der Waals surface area contributed by atoms with Crippen LogP contribution in [-0.2, 0) is 4.79 Å². The number of nitrogens with one attached hydrogen (secondary N) is 2. The first kappa shape index (κ1) is 12.5. The van der Waals surface area contributed by atoms with Crippen molar-refractivity contribution in [3.05, 3.63) is 23.8 Å². The molecule has 1 aliphatic rings. The largest absolute Gasteiger partial charge is 0.324 e. The van der Waals surface area contributed by atoms with Crippen LogP contribution in [0.1, 0.15) is 24.8 Å². The van der Waals surface area contributed by atoms with Crippen LogP contribution in [0, 0.1) is 0 Å². The Hall–Kier alpha value is -1.00. The van der Waals surface area contributed by atoms with Gasteiger partial charge in [0.1, 0.15) is 0 Å². The van der Waals surface area contributed by atoms with Gasteiger partial charge < -0.3 is 10.6 Å². The van der Waals surface area contributed by atoms with E-state index in [0.717, 1.165) is 18.7 Å². The number of thioether (sulfide) groups is 1. The van der Waals surface area contributed by atoms with Crippen molar-refractivity contribution >= 4 is 23.4 Å². The minimum absolute atomic E-state index is 0.0949. The summed E-state index contributed by atoms with van der Waals surface area (Å²) in [6, 6.07) is 6.36. The van der Waals surface area contributed by atoms with Gasteiger partial charge in [-0.2, -0.15) is 0 Å². The summed E-state index contributed by atoms with van der Waals surface area (Å²) in [6.45, 7) is 3.20. The maximum Gasteiger partial charge on any atom is 0.234 e. The van der Waals surface area contributed by atoms with Crippen LogP contribution in [-0.4, -0.2) is 25.3 Å². The molecule has 92 valence electrons. The molecule has 1 unspecified atom stereocenters. The zero-order valence-electron chi connectivity index (χ0n) is 10.2. The maximum absolute atomic E-state index is 11.3. The minimum Gasteiger partial charge on any atom is -0.324 e. The second kappa shape index (κ2) is 5.56. The topological polar surface area (TPSA) is 41.1 Å². The fraction of sp³-hybridized carbons (Fsp3) is 0.462. The molecule has 1 amide bonds. The fourth-order valence-corrected chi connectivity index (χ4v) is 2.94. The molecule has 1 aromatic carbocycles. The zero-order valence-corrected chi connectivity index (χ0v) is 11.1. The van der Waals surface area contributed by atoms with E-state index in [0.29, 0.717) is 11.7 Å². The summed E-state index contributed by atoms with van der Waals surface area (Å²) >= 11 is 1.62. The van der Waals surface area contributed by atoms with Crippen LogP contribution in [0.15, 0.2) is 23.1 Å². The molecule has 2 N–H and O–H groups in total. The van der Waals surface area contributed by atoms with E-state index in [1.807, 2.05) is 13.1 Å². The second-order valence-corrected chi connectivity index (χ2v) is 5.27. The number of likely N-dealkylation sites (N-methyl/N-ethyl adjacent to an activating group) is 1. The first-order valence-corrected chi connectivity index (χ1v) is 6.94. The fourth-order valence-electron chi connectivity index (χ4n) is 2.09. The van der Waals surface area contributed by atoms with Crippen molar-refractivity contribution in [1.82, 2.24) is 5.32 Å². The van der Waals surface area contributed by atoms with E-state index in [9.17, 15) is 4.79 Å². The molecule has 1 atom stereocenters. The SMILES string of the molecule is CCC(CNC)c1ccc2c(c1)SCC(=O)N2. The summed E-state index contributed by atoms with van der Waals surface area (Å²) in [6.07, 6.45) is 1.12. The third kappa shape index (κ3) is 2.82. The van der Waals surface area contributed by atoms with Crippen LogP contribution in [0.4, 0.5) is 5.69 Å². The van der Waals surface area contributed by atoms with Gasteiger partial charge in [-0.05, 0) is 37.1 Å². The van der Waals surface area contributed by atoms with Crippen molar-refractivity contribution < 1.29 is 4.79 Å². The molecule has 0 fully saturated rings. The van der Waals surface area contributed by atoms with Crippen molar-refractivity contribution in [2.75, 3.05) is 24.7 Å². The van der Waals surface area contributed by atoms with E-state index in [1.54, 1.807) is 11.8 Å². The molecular formula is C13H18N2OS. The number of carbonyl (C=O) groups excluding carboxylic acids is 1. The molecule has 0 aliphatic carbocycles. The van der Waals surface area contributed by atoms with Gasteiger partial charge in [0.15, 0.2) is 0 Å². The predicted octanol–water partition coefficient (Wildman–Crippen LogP) is 2.44. The molecule has 0 saturated heterocycles. The van der Waals surface area contributed by atoms with Crippen molar-refractivity contribution in [1.29, 1.82) is 0 Å². The highest BCUT2D eigenvalue weighted by Crippen LogP contribution is 2.34. The van der Waals surface area contributed by atoms with E-state index in [4.69, 9.17) is 0 Å². The number of fused-ring (bicyclic) bond motifs is 1. The molecule has 3 nitrogen and oxygen atoms in total. The molecule has 4 heteroatoms. The van der Waals surface area contributed by atoms with Crippen LogP contribution < -0.4 is 10.6 Å². The van der Waals surface area contributed by atoms with Crippen LogP contribution in [0.5, 0.6) is 0 Å². The van der Waals surface area contributed by atoms with Gasteiger partial charge in [-0.15, -0.1) is 11.8 Å². The van der Waals surface area contributed by atoms with E-state index < -0.39 is 0 Å². The van der Waals surface area contributed by atoms with Gasteiger partial charge in [-0.3, -0.25) is 4.79 Å². The monoisotopic (exact) mass is 250 g/mol. The quantitative estimate of drug-likeness (QED) is 0.862. The zero-order chi connectivity index (χ0) is 12.3. The standard InChI is InChI=1S/C13H18N2OS/c1-3-9(7-14-2)10-4-5-11-12(6-10)17-8-13(16)15-11/h4-6,9,14H,3,7-8H2,1-2H3,(H,15,16). The third-order valence-electron chi connectivity index (χ3n) is 3.05. The maximum atomic E-state index is 11.3. The van der Waals surface area contributed by atoms with E-state index in [2.05, 4.69) is 29.7 Å².